The van der Waals surface area contributed by atoms with Crippen LogP contribution in [0.1, 0.15) is 103 Å². The van der Waals surface area contributed by atoms with E-state index in [0.29, 0.717) is 17.9 Å². The predicted octanol–water partition coefficient (Wildman–Crippen LogP) is 6.10. The Bertz CT molecular complexity index is 997. The van der Waals surface area contributed by atoms with Gasteiger partial charge in [0.15, 0.2) is 11.5 Å². The fourth-order valence-corrected chi connectivity index (χ4v) is 7.19. The van der Waals surface area contributed by atoms with Gasteiger partial charge < -0.3 is 14.6 Å². The number of likely N-dealkylation sites (tertiary alicyclic amines) is 1. The lowest BCUT2D eigenvalue weighted by molar-refractivity contribution is -0.149. The second-order valence-electron chi connectivity index (χ2n) is 12.0. The normalized spacial score (nSPS) is 30.6. The van der Waals surface area contributed by atoms with Crippen LogP contribution in [0.2, 0.25) is 0 Å². The molecule has 1 saturated carbocycles. The van der Waals surface area contributed by atoms with Gasteiger partial charge in [-0.1, -0.05) is 58.6 Å². The monoisotopic (exact) mass is 495 g/mol. The Balaban J connectivity index is 1.41. The smallest absolute Gasteiger partial charge is 0.311 e. The van der Waals surface area contributed by atoms with E-state index in [9.17, 15) is 9.90 Å². The molecular formula is C31H45NO4. The van der Waals surface area contributed by atoms with E-state index < -0.39 is 11.0 Å². The Kier molecular flexibility index (Phi) is 7.26. The van der Waals surface area contributed by atoms with Crippen molar-refractivity contribution in [1.82, 2.24) is 4.90 Å². The molecule has 198 valence electrons. The average Bonchev–Trinajstić information content (AvgIpc) is 3.59. The molecule has 5 nitrogen and oxygen atoms in total. The summed E-state index contributed by atoms with van der Waals surface area (Å²) < 4.78 is 12.6. The number of hydrogen-bond donors (Lipinski definition) is 1. The molecule has 2 fully saturated rings. The highest BCUT2D eigenvalue weighted by atomic mass is 16.6. The number of unbranched alkanes of at least 4 members (excludes halogenated alkanes) is 5. The Hall–Kier alpha value is -1.85. The van der Waals surface area contributed by atoms with Gasteiger partial charge >= 0.3 is 5.97 Å². The third-order valence-corrected chi connectivity index (χ3v) is 9.51. The van der Waals surface area contributed by atoms with Crippen LogP contribution < -0.4 is 9.47 Å². The molecule has 5 heteroatoms. The fraction of sp³-hybridized carbons (Fsp3) is 0.710. The Labute approximate surface area is 217 Å². The van der Waals surface area contributed by atoms with Crippen LogP contribution in [0.25, 0.3) is 0 Å². The number of carbonyl (C=O) groups is 1. The largest absolute Gasteiger partial charge is 0.481 e. The van der Waals surface area contributed by atoms with Crippen LogP contribution in [0.5, 0.6) is 11.5 Å². The number of benzene rings is 1. The van der Waals surface area contributed by atoms with Gasteiger partial charge in [-0.2, -0.15) is 0 Å². The number of hydrogen-bond acceptors (Lipinski definition) is 5. The van der Waals surface area contributed by atoms with Crippen LogP contribution in [0.15, 0.2) is 24.3 Å². The van der Waals surface area contributed by atoms with Gasteiger partial charge in [0.05, 0.1) is 11.0 Å². The minimum Gasteiger partial charge on any atom is -0.481 e. The number of esters is 1. The molecule has 1 N–H and O–H groups in total. The minimum atomic E-state index is -0.956. The first-order valence-electron chi connectivity index (χ1n) is 14.5. The second-order valence-corrected chi connectivity index (χ2v) is 12.0. The van der Waals surface area contributed by atoms with Gasteiger partial charge in [-0.25, -0.2) is 0 Å². The van der Waals surface area contributed by atoms with Gasteiger partial charge in [-0.3, -0.25) is 9.69 Å². The molecule has 1 spiro atoms. The summed E-state index contributed by atoms with van der Waals surface area (Å²) >= 11 is 0. The van der Waals surface area contributed by atoms with Gasteiger partial charge in [0.25, 0.3) is 0 Å². The number of nitrogens with zero attached hydrogens (tertiary/aromatic N) is 1. The molecule has 3 unspecified atom stereocenters. The number of rotatable bonds is 12. The summed E-state index contributed by atoms with van der Waals surface area (Å²) in [5.41, 5.74) is 1.78. The summed E-state index contributed by atoms with van der Waals surface area (Å²) in [4.78, 5) is 15.3. The van der Waals surface area contributed by atoms with Crippen molar-refractivity contribution >= 4 is 5.97 Å². The number of aliphatic hydroxyl groups is 1. The number of fused-ring (bicyclic) bond motifs is 1. The van der Waals surface area contributed by atoms with Crippen LogP contribution in [0, 0.1) is 5.92 Å². The lowest BCUT2D eigenvalue weighted by atomic mass is 9.52. The van der Waals surface area contributed by atoms with Crippen molar-refractivity contribution < 1.29 is 19.4 Å². The van der Waals surface area contributed by atoms with E-state index in [4.69, 9.17) is 9.47 Å². The molecule has 0 aromatic heterocycles. The van der Waals surface area contributed by atoms with Crippen molar-refractivity contribution in [2.24, 2.45) is 5.92 Å². The zero-order valence-electron chi connectivity index (χ0n) is 22.6. The molecule has 2 heterocycles. The number of ether oxygens (including phenoxy) is 2. The molecule has 1 saturated heterocycles. The van der Waals surface area contributed by atoms with Crippen molar-refractivity contribution in [2.45, 2.75) is 121 Å². The third-order valence-electron chi connectivity index (χ3n) is 9.51. The lowest BCUT2D eigenvalue weighted by Crippen LogP contribution is -2.73. The Morgan fingerprint density at radius 3 is 2.67 bits per heavy atom. The molecular weight excluding hydrogens is 450 g/mol. The summed E-state index contributed by atoms with van der Waals surface area (Å²) in [6.07, 6.45) is 11.9. The van der Waals surface area contributed by atoms with E-state index in [-0.39, 0.29) is 18.1 Å². The maximum Gasteiger partial charge on any atom is 0.311 e. The van der Waals surface area contributed by atoms with Crippen LogP contribution >= 0.6 is 0 Å². The summed E-state index contributed by atoms with van der Waals surface area (Å²) in [5.74, 6) is 1.75. The molecule has 2 aliphatic heterocycles. The Morgan fingerprint density at radius 1 is 1.19 bits per heavy atom. The first-order valence-corrected chi connectivity index (χ1v) is 14.5. The van der Waals surface area contributed by atoms with Crippen molar-refractivity contribution in [2.75, 3.05) is 13.1 Å². The number of piperidine rings is 1. The van der Waals surface area contributed by atoms with Crippen molar-refractivity contribution in [3.63, 3.8) is 0 Å². The van der Waals surface area contributed by atoms with Gasteiger partial charge in [0, 0.05) is 24.6 Å². The third kappa shape index (κ3) is 4.30. The zero-order valence-corrected chi connectivity index (χ0v) is 22.6. The van der Waals surface area contributed by atoms with Gasteiger partial charge in [-0.05, 0) is 75.1 Å². The van der Waals surface area contributed by atoms with Crippen LogP contribution in [-0.4, -0.2) is 46.8 Å². The molecule has 2 bridgehead atoms. The standard InChI is InChI=1S/C31H45NO4/c1-5-7-8-9-10-11-12-26(33)35-24-16-15-23-19-25-30(4,34)31(17-18-32(25)20-22-13-14-22)27(23)28(24)36-29(31)21(3)6-2/h15-16,22,25,29,34H,3,5-14,17-20H2,1-2,4H3/t25?,29?,30?,31-/m0/s1. The SMILES string of the molecule is C=C(CC)C1Oc2c(OC(=O)CCCCCCCC)ccc3c2[C@@]12CCN(CC1CC1)C(C3)C2(C)O. The molecule has 1 aromatic carbocycles. The van der Waals surface area contributed by atoms with Gasteiger partial charge in [-0.15, -0.1) is 0 Å². The second kappa shape index (κ2) is 10.1. The van der Waals surface area contributed by atoms with Crippen LogP contribution in [0.3, 0.4) is 0 Å². The van der Waals surface area contributed by atoms with E-state index in [0.717, 1.165) is 62.2 Å². The lowest BCUT2D eigenvalue weighted by Gasteiger charge is -2.60. The van der Waals surface area contributed by atoms with Gasteiger partial charge in [0.2, 0.25) is 0 Å². The molecule has 4 aliphatic rings. The topological polar surface area (TPSA) is 59.0 Å². The highest BCUT2D eigenvalue weighted by Crippen LogP contribution is 2.63. The highest BCUT2D eigenvalue weighted by molar-refractivity contribution is 5.75. The van der Waals surface area contributed by atoms with E-state index in [1.807, 2.05) is 13.0 Å². The molecule has 0 radical (unpaired) electrons. The van der Waals surface area contributed by atoms with Crippen LogP contribution in [0.4, 0.5) is 0 Å². The zero-order chi connectivity index (χ0) is 25.5. The predicted molar refractivity (Wildman–Crippen MR) is 143 cm³/mol. The highest BCUT2D eigenvalue weighted by Gasteiger charge is 2.68. The maximum atomic E-state index is 12.8. The van der Waals surface area contributed by atoms with E-state index in [1.54, 1.807) is 0 Å². The average molecular weight is 496 g/mol. The maximum absolute atomic E-state index is 12.8. The Morgan fingerprint density at radius 2 is 1.94 bits per heavy atom. The fourth-order valence-electron chi connectivity index (χ4n) is 7.19. The molecule has 36 heavy (non-hydrogen) atoms. The summed E-state index contributed by atoms with van der Waals surface area (Å²) in [6, 6.07) is 4.09. The van der Waals surface area contributed by atoms with Gasteiger partial charge in [0.1, 0.15) is 6.10 Å². The quantitative estimate of drug-likeness (QED) is 0.164. The van der Waals surface area contributed by atoms with E-state index in [2.05, 4.69) is 31.4 Å². The molecule has 4 atom stereocenters. The first kappa shape index (κ1) is 25.8. The van der Waals surface area contributed by atoms with E-state index >= 15 is 0 Å². The van der Waals surface area contributed by atoms with Crippen molar-refractivity contribution in [3.05, 3.63) is 35.4 Å². The van der Waals surface area contributed by atoms with E-state index in [1.165, 1.54) is 44.1 Å². The number of carbonyl (C=O) groups excluding carboxylic acids is 1. The van der Waals surface area contributed by atoms with Crippen LogP contribution in [-0.2, 0) is 16.6 Å². The molecule has 5 rings (SSSR count). The summed E-state index contributed by atoms with van der Waals surface area (Å²) in [7, 11) is 0. The molecule has 1 aromatic rings. The van der Waals surface area contributed by atoms with Crippen molar-refractivity contribution in [3.8, 4) is 11.5 Å². The molecule has 2 aliphatic carbocycles. The summed E-state index contributed by atoms with van der Waals surface area (Å²) in [5, 5.41) is 12.3. The molecule has 0 amide bonds. The van der Waals surface area contributed by atoms with Crippen molar-refractivity contribution in [1.29, 1.82) is 0 Å². The summed E-state index contributed by atoms with van der Waals surface area (Å²) in [6.45, 7) is 12.7. The minimum absolute atomic E-state index is 0.0576. The first-order chi connectivity index (χ1) is 17.3.